The van der Waals surface area contributed by atoms with Gasteiger partial charge in [-0.15, -0.1) is 16.4 Å². The minimum Gasteiger partial charge on any atom is -0.325 e. The molecular formula is C20H20N8OS3. The molecule has 0 unspecified atom stereocenters. The number of aromatic amines is 1. The van der Waals surface area contributed by atoms with Crippen LogP contribution >= 0.6 is 34.9 Å². The molecule has 0 saturated carbocycles. The summed E-state index contributed by atoms with van der Waals surface area (Å²) < 4.78 is 2.12. The van der Waals surface area contributed by atoms with Gasteiger partial charge in [0, 0.05) is 23.8 Å². The fourth-order valence-corrected chi connectivity index (χ4v) is 5.17. The normalized spacial score (nSPS) is 11.3. The van der Waals surface area contributed by atoms with Crippen molar-refractivity contribution in [2.45, 2.75) is 22.8 Å². The topological polar surface area (TPSA) is 121 Å². The number of hydrogen-bond acceptors (Lipinski definition) is 10. The first-order chi connectivity index (χ1) is 15.7. The van der Waals surface area contributed by atoms with Crippen molar-refractivity contribution in [3.8, 4) is 0 Å². The first kappa shape index (κ1) is 22.2. The highest BCUT2D eigenvalue weighted by Gasteiger charge is 2.10. The van der Waals surface area contributed by atoms with Crippen LogP contribution < -0.4 is 10.7 Å². The monoisotopic (exact) mass is 484 g/mol. The molecule has 1 amide bonds. The van der Waals surface area contributed by atoms with Crippen LogP contribution in [0.3, 0.4) is 0 Å². The Balaban J connectivity index is 1.26. The van der Waals surface area contributed by atoms with Gasteiger partial charge in [0.2, 0.25) is 17.0 Å². The zero-order chi connectivity index (χ0) is 22.2. The molecule has 0 aliphatic carbocycles. The summed E-state index contributed by atoms with van der Waals surface area (Å²) in [6.45, 7) is 2.15. The van der Waals surface area contributed by atoms with Crippen LogP contribution in [0.2, 0.25) is 0 Å². The number of carbonyl (C=O) groups excluding carboxylic acids is 1. The van der Waals surface area contributed by atoms with Crippen LogP contribution in [0.1, 0.15) is 18.9 Å². The SMILES string of the molecule is CCCSc1nc2ccc(NC(=O)CSc3n[nH]c(N/N=C\c4ccncc4)n3)cc2s1. The molecule has 164 valence electrons. The maximum Gasteiger partial charge on any atom is 0.240 e. The van der Waals surface area contributed by atoms with E-state index in [1.165, 1.54) is 11.8 Å². The van der Waals surface area contributed by atoms with Crippen LogP contribution in [-0.2, 0) is 4.79 Å². The Morgan fingerprint density at radius 1 is 1.22 bits per heavy atom. The fraction of sp³-hybridized carbons (Fsp3) is 0.200. The molecule has 0 aliphatic heterocycles. The second kappa shape index (κ2) is 11.1. The Morgan fingerprint density at radius 3 is 2.94 bits per heavy atom. The third-order valence-electron chi connectivity index (χ3n) is 3.97. The average molecular weight is 485 g/mol. The summed E-state index contributed by atoms with van der Waals surface area (Å²) in [5.74, 6) is 1.51. The van der Waals surface area contributed by atoms with Gasteiger partial charge in [0.05, 0.1) is 22.2 Å². The van der Waals surface area contributed by atoms with Crippen LogP contribution in [0, 0.1) is 0 Å². The Labute approximate surface area is 196 Å². The summed E-state index contributed by atoms with van der Waals surface area (Å²) in [6, 6.07) is 9.44. The fourth-order valence-electron chi connectivity index (χ4n) is 2.54. The van der Waals surface area contributed by atoms with Crippen molar-refractivity contribution >= 4 is 68.8 Å². The maximum atomic E-state index is 12.3. The number of hydrazone groups is 1. The number of amides is 1. The largest absolute Gasteiger partial charge is 0.325 e. The van der Waals surface area contributed by atoms with Gasteiger partial charge in [-0.1, -0.05) is 30.4 Å². The van der Waals surface area contributed by atoms with Gasteiger partial charge in [0.15, 0.2) is 4.34 Å². The molecule has 0 atom stereocenters. The quantitative estimate of drug-likeness (QED) is 0.171. The van der Waals surface area contributed by atoms with Gasteiger partial charge in [-0.05, 0) is 42.3 Å². The van der Waals surface area contributed by atoms with E-state index in [-0.39, 0.29) is 11.7 Å². The molecule has 0 bridgehead atoms. The standard InChI is InChI=1S/C20H20N8OS3/c1-2-9-30-20-24-15-4-3-14(10-16(15)32-20)23-17(29)12-31-19-25-18(27-28-19)26-22-11-13-5-7-21-8-6-13/h3-8,10-11H,2,9,12H2,1H3,(H,23,29)(H2,25,26,27,28)/b22-11-. The Morgan fingerprint density at radius 2 is 2.09 bits per heavy atom. The number of benzene rings is 1. The van der Waals surface area contributed by atoms with E-state index in [1.54, 1.807) is 41.7 Å². The lowest BCUT2D eigenvalue weighted by Gasteiger charge is -2.03. The number of aromatic nitrogens is 5. The van der Waals surface area contributed by atoms with Crippen LogP contribution in [0.25, 0.3) is 10.2 Å². The first-order valence-electron chi connectivity index (χ1n) is 9.77. The highest BCUT2D eigenvalue weighted by atomic mass is 32.2. The predicted octanol–water partition coefficient (Wildman–Crippen LogP) is 4.49. The van der Waals surface area contributed by atoms with Gasteiger partial charge in [-0.2, -0.15) is 10.1 Å². The Bertz CT molecular complexity index is 1210. The van der Waals surface area contributed by atoms with E-state index in [4.69, 9.17) is 0 Å². The van der Waals surface area contributed by atoms with E-state index >= 15 is 0 Å². The van der Waals surface area contributed by atoms with E-state index in [1.807, 2.05) is 30.3 Å². The maximum absolute atomic E-state index is 12.3. The molecular weight excluding hydrogens is 464 g/mol. The lowest BCUT2D eigenvalue weighted by molar-refractivity contribution is -0.113. The number of thiazole rings is 1. The molecule has 3 aromatic heterocycles. The van der Waals surface area contributed by atoms with Crippen molar-refractivity contribution < 1.29 is 4.79 Å². The van der Waals surface area contributed by atoms with Gasteiger partial charge < -0.3 is 5.32 Å². The molecule has 4 rings (SSSR count). The highest BCUT2D eigenvalue weighted by Crippen LogP contribution is 2.31. The van der Waals surface area contributed by atoms with Crippen molar-refractivity contribution in [3.05, 3.63) is 48.3 Å². The zero-order valence-corrected chi connectivity index (χ0v) is 19.6. The molecule has 0 spiro atoms. The summed E-state index contributed by atoms with van der Waals surface area (Å²) in [5, 5.41) is 14.3. The molecule has 9 nitrogen and oxygen atoms in total. The molecule has 3 heterocycles. The van der Waals surface area contributed by atoms with Gasteiger partial charge in [0.1, 0.15) is 0 Å². The van der Waals surface area contributed by atoms with Gasteiger partial charge in [-0.25, -0.2) is 15.5 Å². The lowest BCUT2D eigenvalue weighted by atomic mass is 10.3. The minimum absolute atomic E-state index is 0.130. The molecule has 32 heavy (non-hydrogen) atoms. The predicted molar refractivity (Wildman–Crippen MR) is 132 cm³/mol. The number of fused-ring (bicyclic) bond motifs is 1. The number of nitrogens with zero attached hydrogens (tertiary/aromatic N) is 5. The average Bonchev–Trinajstić information content (AvgIpc) is 3.43. The number of hydrogen-bond donors (Lipinski definition) is 3. The number of H-pyrrole nitrogens is 1. The first-order valence-corrected chi connectivity index (χ1v) is 12.6. The van der Waals surface area contributed by atoms with Gasteiger partial charge >= 0.3 is 0 Å². The summed E-state index contributed by atoms with van der Waals surface area (Å²) in [7, 11) is 0. The molecule has 1 aromatic carbocycles. The second-order valence-corrected chi connectivity index (χ2v) is 9.78. The number of rotatable bonds is 10. The Kier molecular flexibility index (Phi) is 7.69. The second-order valence-electron chi connectivity index (χ2n) is 6.46. The third kappa shape index (κ3) is 6.28. The smallest absolute Gasteiger partial charge is 0.240 e. The molecule has 0 fully saturated rings. The summed E-state index contributed by atoms with van der Waals surface area (Å²) in [6.07, 6.45) is 6.14. The number of nitrogens with one attached hydrogen (secondary N) is 3. The molecule has 3 N–H and O–H groups in total. The summed E-state index contributed by atoms with van der Waals surface area (Å²) in [4.78, 5) is 25.2. The molecule has 12 heteroatoms. The molecule has 4 aromatic rings. The van der Waals surface area contributed by atoms with Crippen LogP contribution in [0.5, 0.6) is 0 Å². The van der Waals surface area contributed by atoms with Crippen molar-refractivity contribution in [3.63, 3.8) is 0 Å². The van der Waals surface area contributed by atoms with Crippen LogP contribution in [-0.4, -0.2) is 48.8 Å². The van der Waals surface area contributed by atoms with E-state index in [0.29, 0.717) is 11.1 Å². The van der Waals surface area contributed by atoms with Crippen LogP contribution in [0.4, 0.5) is 11.6 Å². The third-order valence-corrected chi connectivity index (χ3v) is 7.18. The lowest BCUT2D eigenvalue weighted by Crippen LogP contribution is -2.14. The number of thioether (sulfide) groups is 2. The van der Waals surface area contributed by atoms with Crippen molar-refractivity contribution in [2.24, 2.45) is 5.10 Å². The summed E-state index contributed by atoms with van der Waals surface area (Å²) >= 11 is 4.64. The van der Waals surface area contributed by atoms with Crippen LogP contribution in [0.15, 0.2) is 57.3 Å². The van der Waals surface area contributed by atoms with Crippen molar-refractivity contribution in [1.82, 2.24) is 25.1 Å². The van der Waals surface area contributed by atoms with Gasteiger partial charge in [-0.3, -0.25) is 9.78 Å². The number of anilines is 2. The van der Waals surface area contributed by atoms with Gasteiger partial charge in [0.25, 0.3) is 0 Å². The Hall–Kier alpha value is -2.96. The highest BCUT2D eigenvalue weighted by molar-refractivity contribution is 8.01. The van der Waals surface area contributed by atoms with E-state index in [0.717, 1.165) is 38.0 Å². The van der Waals surface area contributed by atoms with E-state index in [2.05, 4.69) is 47.9 Å². The minimum atomic E-state index is -0.130. The van der Waals surface area contributed by atoms with E-state index in [9.17, 15) is 4.79 Å². The van der Waals surface area contributed by atoms with Crippen molar-refractivity contribution in [2.75, 3.05) is 22.2 Å². The molecule has 0 saturated heterocycles. The van der Waals surface area contributed by atoms with E-state index < -0.39 is 0 Å². The summed E-state index contributed by atoms with van der Waals surface area (Å²) in [5.41, 5.74) is 5.38. The molecule has 0 aliphatic rings. The number of carbonyl (C=O) groups is 1. The molecule has 0 radical (unpaired) electrons. The zero-order valence-electron chi connectivity index (χ0n) is 17.1. The van der Waals surface area contributed by atoms with Crippen molar-refractivity contribution in [1.29, 1.82) is 0 Å². The number of pyridine rings is 1.